The molecule has 0 aliphatic carbocycles. The van der Waals surface area contributed by atoms with Crippen LogP contribution in [0.2, 0.25) is 0 Å². The summed E-state index contributed by atoms with van der Waals surface area (Å²) in [4.78, 5) is 62.5. The summed E-state index contributed by atoms with van der Waals surface area (Å²) >= 11 is 0. The Balaban J connectivity index is 2.56. The second-order valence-corrected chi connectivity index (χ2v) is 6.97. The summed E-state index contributed by atoms with van der Waals surface area (Å²) in [6, 6.07) is 1.75. The molecule has 0 aromatic heterocycles. The molecule has 1 heterocycles. The van der Waals surface area contributed by atoms with Crippen LogP contribution in [0.5, 0.6) is 0 Å². The van der Waals surface area contributed by atoms with Gasteiger partial charge >= 0.3 is 0 Å². The van der Waals surface area contributed by atoms with Crippen LogP contribution in [0, 0.1) is 0 Å². The molecule has 1 aromatic carbocycles. The molecule has 0 spiro atoms. The van der Waals surface area contributed by atoms with Crippen molar-refractivity contribution in [3.8, 4) is 0 Å². The number of hydrogen-bond acceptors (Lipinski definition) is 10. The number of Topliss-reactive ketones (excluding diaryl/α,β-unsaturated/α-hetero) is 3. The average Bonchev–Trinajstić information content (AvgIpc) is 2.84. The quantitative estimate of drug-likeness (QED) is 0.176. The van der Waals surface area contributed by atoms with E-state index in [2.05, 4.69) is 0 Å². The smallest absolute Gasteiger partial charge is 0.264 e. The van der Waals surface area contributed by atoms with Gasteiger partial charge in [0.1, 0.15) is 12.1 Å². The fourth-order valence-corrected chi connectivity index (χ4v) is 3.23. The third-order valence-corrected chi connectivity index (χ3v) is 4.39. The maximum atomic E-state index is 12.8. The highest BCUT2D eigenvalue weighted by atomic mass is 16.2. The number of ketones is 3. The normalized spacial score (nSPS) is 14.6. The van der Waals surface area contributed by atoms with Crippen LogP contribution >= 0.6 is 0 Å². The Morgan fingerprint density at radius 3 is 1.66 bits per heavy atom. The minimum atomic E-state index is -1.47. The first kappa shape index (κ1) is 22.5. The number of fused-ring (bicyclic) bond motifs is 1. The molecular formula is C18H24N6O5. The van der Waals surface area contributed by atoms with Crippen molar-refractivity contribution in [1.82, 2.24) is 4.90 Å². The van der Waals surface area contributed by atoms with Gasteiger partial charge in [0.25, 0.3) is 11.8 Å². The van der Waals surface area contributed by atoms with E-state index in [-0.39, 0.29) is 47.3 Å². The summed E-state index contributed by atoms with van der Waals surface area (Å²) in [6.45, 7) is 1.34. The highest BCUT2D eigenvalue weighted by Crippen LogP contribution is 2.31. The van der Waals surface area contributed by atoms with E-state index < -0.39 is 41.9 Å². The van der Waals surface area contributed by atoms with E-state index in [1.165, 1.54) is 19.1 Å². The van der Waals surface area contributed by atoms with Gasteiger partial charge in [-0.3, -0.25) is 35.4 Å². The molecule has 10 N–H and O–H groups in total. The van der Waals surface area contributed by atoms with Crippen LogP contribution in [-0.2, 0) is 4.79 Å². The molecule has 0 saturated carbocycles. The van der Waals surface area contributed by atoms with Crippen molar-refractivity contribution >= 4 is 29.2 Å². The van der Waals surface area contributed by atoms with Crippen molar-refractivity contribution in [1.29, 1.82) is 0 Å². The Labute approximate surface area is 166 Å². The standard InChI is InChI=1S/C18H24N6O5/c1-7(25)4-8(19)5-11(26)9-2-3-10(12(27)6-13(20)21)15-14(9)16(28)24(17(15)29)18(22)23/h2-3,8,13,18H,4-6,19-23H2,1H3. The van der Waals surface area contributed by atoms with Gasteiger partial charge in [0, 0.05) is 36.4 Å². The largest absolute Gasteiger partial charge is 0.327 e. The molecule has 11 nitrogen and oxygen atoms in total. The molecule has 156 valence electrons. The molecule has 2 amide bonds. The fraction of sp³-hybridized carbons (Fsp3) is 0.389. The van der Waals surface area contributed by atoms with Gasteiger partial charge in [-0.25, -0.2) is 4.90 Å². The van der Waals surface area contributed by atoms with Crippen molar-refractivity contribution in [2.24, 2.45) is 28.7 Å². The predicted octanol–water partition coefficient (Wildman–Crippen LogP) is -1.82. The van der Waals surface area contributed by atoms with E-state index in [9.17, 15) is 24.0 Å². The molecule has 0 fully saturated rings. The van der Waals surface area contributed by atoms with Gasteiger partial charge in [0.05, 0.1) is 17.3 Å². The minimum absolute atomic E-state index is 0.0223. The van der Waals surface area contributed by atoms with Crippen molar-refractivity contribution in [2.75, 3.05) is 0 Å². The lowest BCUT2D eigenvalue weighted by molar-refractivity contribution is -0.117. The summed E-state index contributed by atoms with van der Waals surface area (Å²) < 4.78 is 0. The van der Waals surface area contributed by atoms with Crippen LogP contribution in [0.3, 0.4) is 0 Å². The van der Waals surface area contributed by atoms with Gasteiger partial charge in [-0.2, -0.15) is 0 Å². The number of imide groups is 1. The van der Waals surface area contributed by atoms with Crippen LogP contribution < -0.4 is 28.7 Å². The lowest BCUT2D eigenvalue weighted by atomic mass is 9.90. The number of nitrogens with zero attached hydrogens (tertiary/aromatic N) is 1. The van der Waals surface area contributed by atoms with Gasteiger partial charge in [0.15, 0.2) is 11.6 Å². The lowest BCUT2D eigenvalue weighted by Gasteiger charge is -2.17. The molecule has 1 unspecified atom stereocenters. The molecule has 0 radical (unpaired) electrons. The number of amides is 2. The van der Waals surface area contributed by atoms with Gasteiger partial charge in [-0.1, -0.05) is 0 Å². The molecule has 2 rings (SSSR count). The number of carbonyl (C=O) groups is 5. The first-order chi connectivity index (χ1) is 13.5. The van der Waals surface area contributed by atoms with Gasteiger partial charge in [-0.15, -0.1) is 0 Å². The molecule has 1 aliphatic heterocycles. The van der Waals surface area contributed by atoms with Crippen molar-refractivity contribution < 1.29 is 24.0 Å². The molecule has 1 atom stereocenters. The highest BCUT2D eigenvalue weighted by molar-refractivity contribution is 6.28. The maximum absolute atomic E-state index is 12.8. The molecule has 1 aromatic rings. The summed E-state index contributed by atoms with van der Waals surface area (Å²) in [5, 5.41) is 0. The van der Waals surface area contributed by atoms with E-state index in [0.29, 0.717) is 4.90 Å². The van der Waals surface area contributed by atoms with Crippen molar-refractivity contribution in [2.45, 2.75) is 44.7 Å². The molecule has 11 heteroatoms. The second kappa shape index (κ2) is 8.68. The van der Waals surface area contributed by atoms with Crippen LogP contribution in [-0.4, -0.2) is 52.6 Å². The van der Waals surface area contributed by atoms with E-state index in [1.807, 2.05) is 0 Å². The van der Waals surface area contributed by atoms with E-state index in [1.54, 1.807) is 0 Å². The third-order valence-electron chi connectivity index (χ3n) is 4.39. The fourth-order valence-electron chi connectivity index (χ4n) is 3.23. The van der Waals surface area contributed by atoms with E-state index >= 15 is 0 Å². The Morgan fingerprint density at radius 1 is 0.828 bits per heavy atom. The first-order valence-corrected chi connectivity index (χ1v) is 8.84. The molecule has 29 heavy (non-hydrogen) atoms. The molecular weight excluding hydrogens is 380 g/mol. The SMILES string of the molecule is CC(=O)CC(N)CC(=O)c1ccc(C(=O)CC(N)N)c2c1C(=O)N(C(N)N)C2=O. The number of carbonyl (C=O) groups excluding carboxylic acids is 5. The second-order valence-electron chi connectivity index (χ2n) is 6.97. The van der Waals surface area contributed by atoms with Crippen molar-refractivity contribution in [3.05, 3.63) is 34.4 Å². The Bertz CT molecular complexity index is 895. The average molecular weight is 404 g/mol. The summed E-state index contributed by atoms with van der Waals surface area (Å²) in [5.41, 5.74) is 27.0. The van der Waals surface area contributed by atoms with Crippen molar-refractivity contribution in [3.63, 3.8) is 0 Å². The molecule has 1 aliphatic rings. The Hall–Kier alpha value is -2.83. The highest BCUT2D eigenvalue weighted by Gasteiger charge is 2.43. The Morgan fingerprint density at radius 2 is 1.28 bits per heavy atom. The zero-order chi connectivity index (χ0) is 22.0. The number of rotatable bonds is 9. The van der Waals surface area contributed by atoms with E-state index in [0.717, 1.165) is 0 Å². The number of nitrogens with two attached hydrogens (primary N) is 5. The third kappa shape index (κ3) is 4.60. The minimum Gasteiger partial charge on any atom is -0.327 e. The van der Waals surface area contributed by atoms with Crippen LogP contribution in [0.25, 0.3) is 0 Å². The Kier molecular flexibility index (Phi) is 6.72. The van der Waals surface area contributed by atoms with E-state index in [4.69, 9.17) is 28.7 Å². The summed E-state index contributed by atoms with van der Waals surface area (Å²) in [5.74, 6) is -3.11. The molecule has 0 bridgehead atoms. The topological polar surface area (TPSA) is 219 Å². The monoisotopic (exact) mass is 404 g/mol. The van der Waals surface area contributed by atoms with Gasteiger partial charge < -0.3 is 17.2 Å². The van der Waals surface area contributed by atoms with Crippen LogP contribution in [0.1, 0.15) is 67.6 Å². The lowest BCUT2D eigenvalue weighted by Crippen LogP contribution is -2.51. The molecule has 0 saturated heterocycles. The number of hydrogen-bond donors (Lipinski definition) is 5. The zero-order valence-electron chi connectivity index (χ0n) is 15.9. The zero-order valence-corrected chi connectivity index (χ0v) is 15.9. The summed E-state index contributed by atoms with van der Waals surface area (Å²) in [6.07, 6.45) is -2.97. The van der Waals surface area contributed by atoms with Crippen LogP contribution in [0.4, 0.5) is 0 Å². The first-order valence-electron chi connectivity index (χ1n) is 8.84. The van der Waals surface area contributed by atoms with Gasteiger partial charge in [-0.05, 0) is 19.1 Å². The maximum Gasteiger partial charge on any atom is 0.264 e. The van der Waals surface area contributed by atoms with Gasteiger partial charge in [0.2, 0.25) is 0 Å². The summed E-state index contributed by atoms with van der Waals surface area (Å²) in [7, 11) is 0. The number of benzene rings is 1. The van der Waals surface area contributed by atoms with Crippen LogP contribution in [0.15, 0.2) is 12.1 Å². The predicted molar refractivity (Wildman–Crippen MR) is 102 cm³/mol.